The van der Waals surface area contributed by atoms with Crippen molar-refractivity contribution in [2.24, 2.45) is 0 Å². The highest BCUT2D eigenvalue weighted by Gasteiger charge is 2.37. The number of nitrogens with zero attached hydrogens (tertiary/aromatic N) is 1. The van der Waals surface area contributed by atoms with Crippen LogP contribution in [0, 0.1) is 0 Å². The lowest BCUT2D eigenvalue weighted by molar-refractivity contribution is 0.660. The van der Waals surface area contributed by atoms with Gasteiger partial charge in [-0.1, -0.05) is 141 Å². The Hall–Kier alpha value is -5.74. The standard InChI is InChI=1S/C49H33NS2/c1-49(2)41-17-7-5-14-40(41)46-42(49)18-10-19-43(46)50(33-26-28-37-36-13-6-8-20-44(36)51-45(37)29-33)32-24-21-31(22-25-32)35-15-9-16-38-39-27-23-30-11-3-4-12-34(30)48(39)52-47(35)38/h3-29H,1-2H3. The highest BCUT2D eigenvalue weighted by Crippen LogP contribution is 2.54. The van der Waals surface area contributed by atoms with E-state index in [1.54, 1.807) is 0 Å². The highest BCUT2D eigenvalue weighted by molar-refractivity contribution is 7.27. The lowest BCUT2D eigenvalue weighted by atomic mass is 9.82. The highest BCUT2D eigenvalue weighted by atomic mass is 32.1. The summed E-state index contributed by atoms with van der Waals surface area (Å²) in [7, 11) is 0. The van der Waals surface area contributed by atoms with Gasteiger partial charge in [-0.05, 0) is 75.0 Å². The molecule has 0 unspecified atom stereocenters. The van der Waals surface area contributed by atoms with Crippen LogP contribution in [-0.2, 0) is 5.41 Å². The van der Waals surface area contributed by atoms with Crippen LogP contribution in [0.5, 0.6) is 0 Å². The Labute approximate surface area is 310 Å². The monoisotopic (exact) mass is 699 g/mol. The second-order valence-corrected chi connectivity index (χ2v) is 16.6. The lowest BCUT2D eigenvalue weighted by Gasteiger charge is -2.29. The predicted octanol–water partition coefficient (Wildman–Crippen LogP) is 15.0. The molecule has 0 aliphatic heterocycles. The van der Waals surface area contributed by atoms with Gasteiger partial charge in [-0.25, -0.2) is 0 Å². The van der Waals surface area contributed by atoms with Crippen LogP contribution in [0.2, 0.25) is 0 Å². The molecular weight excluding hydrogens is 667 g/mol. The first kappa shape index (κ1) is 29.9. The van der Waals surface area contributed by atoms with Crippen molar-refractivity contribution in [3.63, 3.8) is 0 Å². The quantitative estimate of drug-likeness (QED) is 0.177. The first-order valence-corrected chi connectivity index (χ1v) is 19.6. The minimum atomic E-state index is -0.0822. The van der Waals surface area contributed by atoms with E-state index >= 15 is 0 Å². The van der Waals surface area contributed by atoms with Crippen molar-refractivity contribution < 1.29 is 0 Å². The molecule has 0 N–H and O–H groups in total. The van der Waals surface area contributed by atoms with Crippen LogP contribution in [0.25, 0.3) is 73.4 Å². The summed E-state index contributed by atoms with van der Waals surface area (Å²) in [6.07, 6.45) is 0. The topological polar surface area (TPSA) is 3.24 Å². The molecule has 3 heteroatoms. The lowest BCUT2D eigenvalue weighted by Crippen LogP contribution is -2.16. The van der Waals surface area contributed by atoms with Crippen molar-refractivity contribution in [3.05, 3.63) is 175 Å². The first-order chi connectivity index (χ1) is 25.5. The summed E-state index contributed by atoms with van der Waals surface area (Å²) in [4.78, 5) is 2.48. The molecule has 0 radical (unpaired) electrons. The normalized spacial score (nSPS) is 13.3. The molecule has 0 fully saturated rings. The average Bonchev–Trinajstić information content (AvgIpc) is 3.83. The summed E-state index contributed by atoms with van der Waals surface area (Å²) in [6.45, 7) is 4.72. The number of thiophene rings is 2. The van der Waals surface area contributed by atoms with Crippen LogP contribution >= 0.6 is 22.7 Å². The third kappa shape index (κ3) is 4.27. The van der Waals surface area contributed by atoms with Crippen molar-refractivity contribution in [2.45, 2.75) is 19.3 Å². The molecule has 1 aliphatic rings. The molecule has 10 aromatic rings. The van der Waals surface area contributed by atoms with E-state index in [2.05, 4.69) is 183 Å². The van der Waals surface area contributed by atoms with Gasteiger partial charge in [0.05, 0.1) is 5.69 Å². The fraction of sp³-hybridized carbons (Fsp3) is 0.0612. The molecular formula is C49H33NS2. The summed E-state index contributed by atoms with van der Waals surface area (Å²) in [5.41, 5.74) is 11.4. The van der Waals surface area contributed by atoms with E-state index in [9.17, 15) is 0 Å². The van der Waals surface area contributed by atoms with Gasteiger partial charge in [0.2, 0.25) is 0 Å². The van der Waals surface area contributed by atoms with Crippen molar-refractivity contribution in [3.8, 4) is 22.3 Å². The summed E-state index contributed by atoms with van der Waals surface area (Å²) >= 11 is 3.79. The van der Waals surface area contributed by atoms with E-state index in [4.69, 9.17) is 0 Å². The van der Waals surface area contributed by atoms with E-state index in [0.717, 1.165) is 5.69 Å². The van der Waals surface area contributed by atoms with E-state index in [0.29, 0.717) is 0 Å². The maximum Gasteiger partial charge on any atom is 0.0543 e. The number of hydrogen-bond donors (Lipinski definition) is 0. The Morgan fingerprint density at radius 2 is 1.10 bits per heavy atom. The zero-order valence-electron chi connectivity index (χ0n) is 28.9. The SMILES string of the molecule is CC1(C)c2ccccc2-c2c(N(c3ccc(-c4cccc5c4sc4c6ccccc6ccc54)cc3)c3ccc4c(c3)sc3ccccc34)cccc21. The Balaban J connectivity index is 1.10. The van der Waals surface area contributed by atoms with E-state index < -0.39 is 0 Å². The molecule has 8 aromatic carbocycles. The summed E-state index contributed by atoms with van der Waals surface area (Å²) in [5.74, 6) is 0. The zero-order chi connectivity index (χ0) is 34.6. The molecule has 2 heterocycles. The van der Waals surface area contributed by atoms with Gasteiger partial charge in [-0.3, -0.25) is 0 Å². The predicted molar refractivity (Wildman–Crippen MR) is 227 cm³/mol. The minimum absolute atomic E-state index is 0.0822. The second kappa shape index (κ2) is 11.1. The number of fused-ring (bicyclic) bond motifs is 11. The van der Waals surface area contributed by atoms with Crippen LogP contribution in [0.4, 0.5) is 17.1 Å². The number of anilines is 3. The van der Waals surface area contributed by atoms with Gasteiger partial charge < -0.3 is 4.90 Å². The van der Waals surface area contributed by atoms with Crippen LogP contribution < -0.4 is 4.90 Å². The Kier molecular flexibility index (Phi) is 6.41. The summed E-state index contributed by atoms with van der Waals surface area (Å²) in [6, 6.07) is 61.0. The number of rotatable bonds is 4. The van der Waals surface area contributed by atoms with E-state index in [1.165, 1.54) is 95.9 Å². The fourth-order valence-electron chi connectivity index (χ4n) is 8.75. The second-order valence-electron chi connectivity index (χ2n) is 14.5. The van der Waals surface area contributed by atoms with Crippen molar-refractivity contribution in [1.29, 1.82) is 0 Å². The van der Waals surface area contributed by atoms with E-state index in [1.807, 2.05) is 22.7 Å². The van der Waals surface area contributed by atoms with Gasteiger partial charge in [0.25, 0.3) is 0 Å². The molecule has 0 amide bonds. The van der Waals surface area contributed by atoms with Crippen molar-refractivity contribution in [2.75, 3.05) is 4.90 Å². The summed E-state index contributed by atoms with van der Waals surface area (Å²) in [5, 5.41) is 7.92. The molecule has 1 aliphatic carbocycles. The number of benzene rings is 8. The molecule has 0 atom stereocenters. The van der Waals surface area contributed by atoms with Gasteiger partial charge in [-0.15, -0.1) is 22.7 Å². The molecule has 0 saturated carbocycles. The van der Waals surface area contributed by atoms with E-state index in [-0.39, 0.29) is 5.41 Å². The van der Waals surface area contributed by atoms with Gasteiger partial charge >= 0.3 is 0 Å². The fourth-order valence-corrected chi connectivity index (χ4v) is 11.3. The van der Waals surface area contributed by atoms with Crippen LogP contribution in [0.1, 0.15) is 25.0 Å². The summed E-state index contributed by atoms with van der Waals surface area (Å²) < 4.78 is 5.33. The molecule has 0 spiro atoms. The molecule has 2 aromatic heterocycles. The van der Waals surface area contributed by atoms with Crippen LogP contribution in [0.15, 0.2) is 164 Å². The number of hydrogen-bond acceptors (Lipinski definition) is 3. The van der Waals surface area contributed by atoms with Crippen molar-refractivity contribution in [1.82, 2.24) is 0 Å². The molecule has 1 nitrogen and oxygen atoms in total. The zero-order valence-corrected chi connectivity index (χ0v) is 30.5. The van der Waals surface area contributed by atoms with Crippen molar-refractivity contribution >= 4 is 90.9 Å². The largest absolute Gasteiger partial charge is 0.310 e. The smallest absolute Gasteiger partial charge is 0.0543 e. The average molecular weight is 700 g/mol. The van der Waals surface area contributed by atoms with Gasteiger partial charge in [-0.2, -0.15) is 0 Å². The Bertz CT molecular complexity index is 3050. The maximum absolute atomic E-state index is 2.48. The van der Waals surface area contributed by atoms with Crippen LogP contribution in [0.3, 0.4) is 0 Å². The van der Waals surface area contributed by atoms with Gasteiger partial charge in [0.15, 0.2) is 0 Å². The Morgan fingerprint density at radius 1 is 0.442 bits per heavy atom. The molecule has 246 valence electrons. The molecule has 0 bridgehead atoms. The molecule has 11 rings (SSSR count). The van der Waals surface area contributed by atoms with Crippen LogP contribution in [-0.4, -0.2) is 0 Å². The Morgan fingerprint density at radius 3 is 2.00 bits per heavy atom. The maximum atomic E-state index is 2.48. The first-order valence-electron chi connectivity index (χ1n) is 17.9. The molecule has 52 heavy (non-hydrogen) atoms. The third-order valence-electron chi connectivity index (χ3n) is 11.3. The third-order valence-corrected chi connectivity index (χ3v) is 13.7. The van der Waals surface area contributed by atoms with Gasteiger partial charge in [0, 0.05) is 62.7 Å². The molecule has 0 saturated heterocycles. The van der Waals surface area contributed by atoms with Gasteiger partial charge in [0.1, 0.15) is 0 Å². The minimum Gasteiger partial charge on any atom is -0.310 e.